The zero-order chi connectivity index (χ0) is 21.8. The summed E-state index contributed by atoms with van der Waals surface area (Å²) in [5.74, 6) is -1.49. The summed E-state index contributed by atoms with van der Waals surface area (Å²) in [5.41, 5.74) is 3.67. The van der Waals surface area contributed by atoms with Crippen LogP contribution in [0.4, 0.5) is 10.7 Å². The average molecular weight is 441 g/mol. The highest BCUT2D eigenvalue weighted by Crippen LogP contribution is 2.40. The standard InChI is InChI=1S/C22H20N2O4S2/c1-12-9-10-15(20(25)26)11-16(12)23-22(29)24-19-18(21(27)28-3)17(13(2)30-19)14-7-5-4-6-8-14/h4-11H,1-3H3,(H,25,26)(H2,23,24,29). The van der Waals surface area contributed by atoms with Crippen molar-refractivity contribution in [3.8, 4) is 11.1 Å². The van der Waals surface area contributed by atoms with Gasteiger partial charge in [-0.25, -0.2) is 9.59 Å². The third-order valence-corrected chi connectivity index (χ3v) is 5.72. The summed E-state index contributed by atoms with van der Waals surface area (Å²) in [6.45, 7) is 3.78. The third kappa shape index (κ3) is 4.50. The molecule has 3 N–H and O–H groups in total. The Hall–Kier alpha value is -3.23. The molecule has 1 heterocycles. The number of anilines is 2. The second-order valence-corrected chi connectivity index (χ2v) is 8.14. The number of thiophene rings is 1. The zero-order valence-electron chi connectivity index (χ0n) is 16.6. The van der Waals surface area contributed by atoms with E-state index in [4.69, 9.17) is 17.0 Å². The highest BCUT2D eigenvalue weighted by Gasteiger charge is 2.24. The second kappa shape index (κ2) is 9.06. The van der Waals surface area contributed by atoms with Gasteiger partial charge in [0, 0.05) is 16.1 Å². The number of hydrogen-bond donors (Lipinski definition) is 3. The molecule has 0 radical (unpaired) electrons. The van der Waals surface area contributed by atoms with Crippen LogP contribution in [0.25, 0.3) is 11.1 Å². The van der Waals surface area contributed by atoms with Gasteiger partial charge in [0.2, 0.25) is 0 Å². The van der Waals surface area contributed by atoms with Crippen molar-refractivity contribution in [2.75, 3.05) is 17.7 Å². The van der Waals surface area contributed by atoms with E-state index in [-0.39, 0.29) is 10.7 Å². The van der Waals surface area contributed by atoms with Crippen LogP contribution in [0.2, 0.25) is 0 Å². The van der Waals surface area contributed by atoms with Crippen LogP contribution >= 0.6 is 23.6 Å². The summed E-state index contributed by atoms with van der Waals surface area (Å²) in [7, 11) is 1.34. The number of rotatable bonds is 5. The number of carbonyl (C=O) groups is 2. The predicted molar refractivity (Wildman–Crippen MR) is 124 cm³/mol. The molecule has 3 aromatic rings. The number of carboxylic acids is 1. The molecule has 0 amide bonds. The fraction of sp³-hybridized carbons (Fsp3) is 0.136. The highest BCUT2D eigenvalue weighted by molar-refractivity contribution is 7.80. The lowest BCUT2D eigenvalue weighted by molar-refractivity contribution is 0.0602. The molecule has 0 atom stereocenters. The number of carboxylic acid groups (broad SMARTS) is 1. The van der Waals surface area contributed by atoms with Crippen LogP contribution in [0, 0.1) is 13.8 Å². The summed E-state index contributed by atoms with van der Waals surface area (Å²) in [6.07, 6.45) is 0. The van der Waals surface area contributed by atoms with Gasteiger partial charge in [0.15, 0.2) is 5.11 Å². The maximum absolute atomic E-state index is 12.6. The SMILES string of the molecule is COC(=O)c1c(NC(=S)Nc2cc(C(=O)O)ccc2C)sc(C)c1-c1ccccc1. The van der Waals surface area contributed by atoms with E-state index in [2.05, 4.69) is 10.6 Å². The maximum Gasteiger partial charge on any atom is 0.341 e. The van der Waals surface area contributed by atoms with Gasteiger partial charge in [-0.15, -0.1) is 11.3 Å². The molecule has 3 rings (SSSR count). The number of carbonyl (C=O) groups excluding carboxylic acids is 1. The van der Waals surface area contributed by atoms with E-state index in [1.165, 1.54) is 30.6 Å². The fourth-order valence-corrected chi connectivity index (χ4v) is 4.37. The molecule has 0 unspecified atom stereocenters. The monoisotopic (exact) mass is 440 g/mol. The number of esters is 1. The van der Waals surface area contributed by atoms with Gasteiger partial charge in [-0.05, 0) is 49.3 Å². The summed E-state index contributed by atoms with van der Waals surface area (Å²) < 4.78 is 5.01. The molecule has 30 heavy (non-hydrogen) atoms. The summed E-state index contributed by atoms with van der Waals surface area (Å²) >= 11 is 6.82. The van der Waals surface area contributed by atoms with E-state index in [0.29, 0.717) is 16.3 Å². The van der Waals surface area contributed by atoms with Crippen LogP contribution in [0.15, 0.2) is 48.5 Å². The number of aromatic carboxylic acids is 1. The van der Waals surface area contributed by atoms with Gasteiger partial charge in [0.05, 0.1) is 12.7 Å². The van der Waals surface area contributed by atoms with Gasteiger partial charge >= 0.3 is 11.9 Å². The Morgan fingerprint density at radius 3 is 2.40 bits per heavy atom. The molecule has 0 aliphatic carbocycles. The molecule has 0 spiro atoms. The molecular weight excluding hydrogens is 420 g/mol. The van der Waals surface area contributed by atoms with Crippen LogP contribution in [0.5, 0.6) is 0 Å². The van der Waals surface area contributed by atoms with Crippen LogP contribution < -0.4 is 10.6 Å². The highest BCUT2D eigenvalue weighted by atomic mass is 32.1. The first-order valence-corrected chi connectivity index (χ1v) is 10.2. The van der Waals surface area contributed by atoms with E-state index < -0.39 is 11.9 Å². The fourth-order valence-electron chi connectivity index (χ4n) is 3.03. The third-order valence-electron chi connectivity index (χ3n) is 4.50. The first kappa shape index (κ1) is 21.5. The van der Waals surface area contributed by atoms with E-state index in [1.807, 2.05) is 44.2 Å². The van der Waals surface area contributed by atoms with Crippen molar-refractivity contribution < 1.29 is 19.4 Å². The van der Waals surface area contributed by atoms with Crippen molar-refractivity contribution >= 4 is 51.3 Å². The Balaban J connectivity index is 1.93. The first-order valence-electron chi connectivity index (χ1n) is 9.01. The molecule has 2 aromatic carbocycles. The molecule has 1 aromatic heterocycles. The van der Waals surface area contributed by atoms with Gasteiger partial charge in [0.1, 0.15) is 10.6 Å². The second-order valence-electron chi connectivity index (χ2n) is 6.51. The Kier molecular flexibility index (Phi) is 6.49. The quantitative estimate of drug-likeness (QED) is 0.365. The van der Waals surface area contributed by atoms with Crippen molar-refractivity contribution in [1.82, 2.24) is 0 Å². The Morgan fingerprint density at radius 1 is 1.07 bits per heavy atom. The summed E-state index contributed by atoms with van der Waals surface area (Å²) in [6, 6.07) is 14.3. The molecule has 154 valence electrons. The lowest BCUT2D eigenvalue weighted by Gasteiger charge is -2.13. The topological polar surface area (TPSA) is 87.7 Å². The van der Waals surface area contributed by atoms with Crippen molar-refractivity contribution in [1.29, 1.82) is 0 Å². The van der Waals surface area contributed by atoms with Gasteiger partial charge < -0.3 is 20.5 Å². The van der Waals surface area contributed by atoms with E-state index in [9.17, 15) is 14.7 Å². The molecule has 8 heteroatoms. The first-order chi connectivity index (χ1) is 14.3. The molecule has 0 fully saturated rings. The van der Waals surface area contributed by atoms with Crippen LogP contribution in [0.1, 0.15) is 31.2 Å². The molecule has 0 saturated carbocycles. The summed E-state index contributed by atoms with van der Waals surface area (Å²) in [4.78, 5) is 24.8. The minimum atomic E-state index is -1.02. The van der Waals surface area contributed by atoms with Crippen molar-refractivity contribution in [3.63, 3.8) is 0 Å². The summed E-state index contributed by atoms with van der Waals surface area (Å²) in [5, 5.41) is 16.1. The minimum absolute atomic E-state index is 0.152. The molecule has 0 aliphatic heterocycles. The number of ether oxygens (including phenoxy) is 1. The molecule has 0 bridgehead atoms. The average Bonchev–Trinajstić information content (AvgIpc) is 3.04. The van der Waals surface area contributed by atoms with Crippen molar-refractivity contribution in [2.45, 2.75) is 13.8 Å². The number of aryl methyl sites for hydroxylation is 2. The van der Waals surface area contributed by atoms with Gasteiger partial charge in [-0.3, -0.25) is 0 Å². The number of thiocarbonyl (C=S) groups is 1. The van der Waals surface area contributed by atoms with Crippen LogP contribution in [0.3, 0.4) is 0 Å². The number of hydrogen-bond acceptors (Lipinski definition) is 5. The number of nitrogens with one attached hydrogen (secondary N) is 2. The van der Waals surface area contributed by atoms with Crippen LogP contribution in [-0.2, 0) is 4.74 Å². The van der Waals surface area contributed by atoms with Gasteiger partial charge in [-0.1, -0.05) is 36.4 Å². The smallest absolute Gasteiger partial charge is 0.341 e. The zero-order valence-corrected chi connectivity index (χ0v) is 18.2. The van der Waals surface area contributed by atoms with E-state index >= 15 is 0 Å². The molecule has 6 nitrogen and oxygen atoms in total. The molecular formula is C22H20N2O4S2. The van der Waals surface area contributed by atoms with E-state index in [0.717, 1.165) is 21.6 Å². The number of benzene rings is 2. The number of methoxy groups -OCH3 is 1. The van der Waals surface area contributed by atoms with Gasteiger partial charge in [0.25, 0.3) is 0 Å². The minimum Gasteiger partial charge on any atom is -0.478 e. The lowest BCUT2D eigenvalue weighted by Crippen LogP contribution is -2.21. The lowest BCUT2D eigenvalue weighted by atomic mass is 10.0. The molecule has 0 aliphatic rings. The van der Waals surface area contributed by atoms with Crippen molar-refractivity contribution in [3.05, 3.63) is 70.1 Å². The van der Waals surface area contributed by atoms with E-state index in [1.54, 1.807) is 6.07 Å². The Bertz CT molecular complexity index is 1120. The normalized spacial score (nSPS) is 10.4. The van der Waals surface area contributed by atoms with Gasteiger partial charge in [-0.2, -0.15) is 0 Å². The predicted octanol–water partition coefficient (Wildman–Crippen LogP) is 5.33. The largest absolute Gasteiger partial charge is 0.478 e. The van der Waals surface area contributed by atoms with Crippen molar-refractivity contribution in [2.24, 2.45) is 0 Å². The Morgan fingerprint density at radius 2 is 1.77 bits per heavy atom. The molecule has 0 saturated heterocycles. The Labute approximate surface area is 183 Å². The van der Waals surface area contributed by atoms with Crippen LogP contribution in [-0.4, -0.2) is 29.3 Å². The maximum atomic E-state index is 12.6.